The van der Waals surface area contributed by atoms with Crippen molar-refractivity contribution in [2.75, 3.05) is 6.54 Å². The molecule has 5 nitrogen and oxygen atoms in total. The summed E-state index contributed by atoms with van der Waals surface area (Å²) in [5.74, 6) is -2.54. The number of carboxylic acid groups (broad SMARTS) is 1. The largest absolute Gasteiger partial charge is 0.480 e. The van der Waals surface area contributed by atoms with E-state index >= 15 is 0 Å². The second-order valence-electron chi connectivity index (χ2n) is 4.56. The SMILES string of the molecule is O=C(O)[C@H]1CCCN1S(=O)(=O)Cc1c(F)cccc1Cl. The molecule has 1 N–H and O–H groups in total. The Balaban J connectivity index is 2.30. The first-order chi connectivity index (χ1) is 9.33. The van der Waals surface area contributed by atoms with Crippen LogP contribution in [0.3, 0.4) is 0 Å². The third-order valence-electron chi connectivity index (χ3n) is 3.23. The molecule has 0 spiro atoms. The molecule has 1 aliphatic heterocycles. The zero-order valence-electron chi connectivity index (χ0n) is 10.4. The molecule has 0 aliphatic carbocycles. The van der Waals surface area contributed by atoms with Crippen molar-refractivity contribution >= 4 is 27.6 Å². The predicted octanol–water partition coefficient (Wildman–Crippen LogP) is 1.86. The Morgan fingerprint density at radius 1 is 1.50 bits per heavy atom. The lowest BCUT2D eigenvalue weighted by molar-refractivity contribution is -0.140. The van der Waals surface area contributed by atoms with Crippen LogP contribution in [-0.2, 0) is 20.6 Å². The highest BCUT2D eigenvalue weighted by molar-refractivity contribution is 7.88. The van der Waals surface area contributed by atoms with E-state index in [9.17, 15) is 17.6 Å². The number of hydrogen-bond acceptors (Lipinski definition) is 3. The average Bonchev–Trinajstić information content (AvgIpc) is 2.84. The summed E-state index contributed by atoms with van der Waals surface area (Å²) in [6, 6.07) is 2.82. The number of carboxylic acids is 1. The van der Waals surface area contributed by atoms with E-state index in [1.165, 1.54) is 12.1 Å². The number of aliphatic carboxylic acids is 1. The van der Waals surface area contributed by atoms with Crippen molar-refractivity contribution < 1.29 is 22.7 Å². The highest BCUT2D eigenvalue weighted by Crippen LogP contribution is 2.27. The van der Waals surface area contributed by atoms with Crippen LogP contribution in [0.5, 0.6) is 0 Å². The van der Waals surface area contributed by atoms with Gasteiger partial charge >= 0.3 is 5.97 Å². The maximum absolute atomic E-state index is 13.6. The van der Waals surface area contributed by atoms with E-state index in [1.807, 2.05) is 0 Å². The molecule has 110 valence electrons. The fourth-order valence-corrected chi connectivity index (χ4v) is 4.38. The summed E-state index contributed by atoms with van der Waals surface area (Å²) in [5, 5.41) is 9.03. The van der Waals surface area contributed by atoms with Crippen molar-refractivity contribution in [3.63, 3.8) is 0 Å². The van der Waals surface area contributed by atoms with Gasteiger partial charge in [0.15, 0.2) is 0 Å². The molecule has 1 aromatic rings. The minimum Gasteiger partial charge on any atom is -0.480 e. The first-order valence-electron chi connectivity index (χ1n) is 5.98. The first kappa shape index (κ1) is 15.2. The fourth-order valence-electron chi connectivity index (χ4n) is 2.26. The van der Waals surface area contributed by atoms with Crippen molar-refractivity contribution in [2.24, 2.45) is 0 Å². The number of sulfonamides is 1. The average molecular weight is 322 g/mol. The number of carbonyl (C=O) groups is 1. The molecule has 0 amide bonds. The Morgan fingerprint density at radius 3 is 2.80 bits per heavy atom. The number of hydrogen-bond donors (Lipinski definition) is 1. The highest BCUT2D eigenvalue weighted by atomic mass is 35.5. The van der Waals surface area contributed by atoms with Gasteiger partial charge in [0.05, 0.1) is 5.75 Å². The van der Waals surface area contributed by atoms with E-state index in [-0.39, 0.29) is 23.6 Å². The van der Waals surface area contributed by atoms with Gasteiger partial charge in [-0.2, -0.15) is 4.31 Å². The maximum Gasteiger partial charge on any atom is 0.322 e. The van der Waals surface area contributed by atoms with Gasteiger partial charge in [0.1, 0.15) is 11.9 Å². The number of rotatable bonds is 4. The van der Waals surface area contributed by atoms with Crippen molar-refractivity contribution in [2.45, 2.75) is 24.6 Å². The van der Waals surface area contributed by atoms with E-state index in [0.29, 0.717) is 6.42 Å². The van der Waals surface area contributed by atoms with Crippen LogP contribution in [0, 0.1) is 5.82 Å². The van der Waals surface area contributed by atoms with Gasteiger partial charge in [0, 0.05) is 17.1 Å². The molecule has 1 aromatic carbocycles. The van der Waals surface area contributed by atoms with E-state index < -0.39 is 33.6 Å². The minimum atomic E-state index is -3.92. The zero-order chi connectivity index (χ0) is 14.9. The number of nitrogens with zero attached hydrogens (tertiary/aromatic N) is 1. The molecular weight excluding hydrogens is 309 g/mol. The predicted molar refractivity (Wildman–Crippen MR) is 71.4 cm³/mol. The molecule has 0 saturated carbocycles. The molecule has 0 aromatic heterocycles. The highest BCUT2D eigenvalue weighted by Gasteiger charge is 2.39. The van der Waals surface area contributed by atoms with Crippen LogP contribution in [0.1, 0.15) is 18.4 Å². The molecule has 0 unspecified atom stereocenters. The lowest BCUT2D eigenvalue weighted by atomic mass is 10.2. The Bertz CT molecular complexity index is 614. The summed E-state index contributed by atoms with van der Waals surface area (Å²) in [5.41, 5.74) is -0.134. The Labute approximate surface area is 121 Å². The zero-order valence-corrected chi connectivity index (χ0v) is 12.0. The van der Waals surface area contributed by atoms with Gasteiger partial charge in [0.2, 0.25) is 10.0 Å². The van der Waals surface area contributed by atoms with Gasteiger partial charge in [-0.15, -0.1) is 0 Å². The molecule has 2 rings (SSSR count). The summed E-state index contributed by atoms with van der Waals surface area (Å²) in [4.78, 5) is 11.0. The molecular formula is C12H13ClFNO4S. The summed E-state index contributed by atoms with van der Waals surface area (Å²) in [6.45, 7) is 0.130. The van der Waals surface area contributed by atoms with Crippen LogP contribution in [0.15, 0.2) is 18.2 Å². The summed E-state index contributed by atoms with van der Waals surface area (Å²) in [7, 11) is -3.92. The van der Waals surface area contributed by atoms with Gasteiger partial charge in [-0.1, -0.05) is 17.7 Å². The van der Waals surface area contributed by atoms with Gasteiger partial charge in [0.25, 0.3) is 0 Å². The summed E-state index contributed by atoms with van der Waals surface area (Å²) in [6.07, 6.45) is 0.737. The lowest BCUT2D eigenvalue weighted by Gasteiger charge is -2.21. The van der Waals surface area contributed by atoms with Crippen molar-refractivity contribution in [1.82, 2.24) is 4.31 Å². The Hall–Kier alpha value is -1.18. The van der Waals surface area contributed by atoms with Crippen molar-refractivity contribution in [1.29, 1.82) is 0 Å². The molecule has 1 fully saturated rings. The second-order valence-corrected chi connectivity index (χ2v) is 6.89. The molecule has 8 heteroatoms. The molecule has 0 radical (unpaired) electrons. The monoisotopic (exact) mass is 321 g/mol. The van der Waals surface area contributed by atoms with Crippen molar-refractivity contribution in [3.8, 4) is 0 Å². The number of benzene rings is 1. The van der Waals surface area contributed by atoms with Gasteiger partial charge in [-0.25, -0.2) is 12.8 Å². The van der Waals surface area contributed by atoms with E-state index in [4.69, 9.17) is 16.7 Å². The van der Waals surface area contributed by atoms with E-state index in [1.54, 1.807) is 0 Å². The van der Waals surface area contributed by atoms with Crippen molar-refractivity contribution in [3.05, 3.63) is 34.6 Å². The van der Waals surface area contributed by atoms with Crippen LogP contribution in [0.25, 0.3) is 0 Å². The third-order valence-corrected chi connectivity index (χ3v) is 5.39. The molecule has 1 saturated heterocycles. The Kier molecular flexibility index (Phi) is 4.31. The van der Waals surface area contributed by atoms with Crippen LogP contribution < -0.4 is 0 Å². The maximum atomic E-state index is 13.6. The summed E-state index contributed by atoms with van der Waals surface area (Å²) >= 11 is 5.80. The van der Waals surface area contributed by atoms with Crippen LogP contribution >= 0.6 is 11.6 Å². The fraction of sp³-hybridized carbons (Fsp3) is 0.417. The van der Waals surface area contributed by atoms with Gasteiger partial charge < -0.3 is 5.11 Å². The Morgan fingerprint density at radius 2 is 2.20 bits per heavy atom. The third kappa shape index (κ3) is 2.94. The normalized spacial score (nSPS) is 20.2. The quantitative estimate of drug-likeness (QED) is 0.918. The minimum absolute atomic E-state index is 0.0136. The van der Waals surface area contributed by atoms with Crippen LogP contribution in [-0.4, -0.2) is 36.4 Å². The van der Waals surface area contributed by atoms with Gasteiger partial charge in [-0.3, -0.25) is 4.79 Å². The second kappa shape index (κ2) is 5.67. The molecule has 0 bridgehead atoms. The standard InChI is InChI=1S/C12H13ClFNO4S/c13-9-3-1-4-10(14)8(9)7-20(18,19)15-6-2-5-11(15)12(16)17/h1,3-4,11H,2,5-7H2,(H,16,17)/t11-/m1/s1. The molecule has 1 heterocycles. The lowest BCUT2D eigenvalue weighted by Crippen LogP contribution is -2.41. The molecule has 1 aliphatic rings. The molecule has 1 atom stereocenters. The van der Waals surface area contributed by atoms with Crippen LogP contribution in [0.4, 0.5) is 4.39 Å². The van der Waals surface area contributed by atoms with Crippen LogP contribution in [0.2, 0.25) is 5.02 Å². The first-order valence-corrected chi connectivity index (χ1v) is 7.97. The van der Waals surface area contributed by atoms with E-state index in [2.05, 4.69) is 0 Å². The smallest absolute Gasteiger partial charge is 0.322 e. The summed E-state index contributed by atoms with van der Waals surface area (Å²) < 4.78 is 39.1. The van der Waals surface area contributed by atoms with Gasteiger partial charge in [-0.05, 0) is 25.0 Å². The molecule has 20 heavy (non-hydrogen) atoms. The van der Waals surface area contributed by atoms with E-state index in [0.717, 1.165) is 10.4 Å². The number of halogens is 2. The topological polar surface area (TPSA) is 74.7 Å².